The summed E-state index contributed by atoms with van der Waals surface area (Å²) in [4.78, 5) is 0. The van der Waals surface area contributed by atoms with Gasteiger partial charge in [-0.25, -0.2) is 0 Å². The van der Waals surface area contributed by atoms with Crippen LogP contribution in [0.3, 0.4) is 0 Å². The summed E-state index contributed by atoms with van der Waals surface area (Å²) in [5.74, 6) is 0. The van der Waals surface area contributed by atoms with Gasteiger partial charge in [0.2, 0.25) is 0 Å². The lowest BCUT2D eigenvalue weighted by Gasteiger charge is -2.27. The summed E-state index contributed by atoms with van der Waals surface area (Å²) in [7, 11) is 0. The summed E-state index contributed by atoms with van der Waals surface area (Å²) in [5, 5.41) is 22.9. The zero-order valence-electron chi connectivity index (χ0n) is 29.8. The third-order valence-electron chi connectivity index (χ3n) is 11.2. The van der Waals surface area contributed by atoms with Crippen molar-refractivity contribution >= 4 is 64.6 Å². The Morgan fingerprint density at radius 3 is 1.57 bits per heavy atom. The van der Waals surface area contributed by atoms with Crippen LogP contribution < -0.4 is 16.4 Å². The Morgan fingerprint density at radius 1 is 0.370 bits per heavy atom. The first-order chi connectivity index (χ1) is 26.7. The maximum absolute atomic E-state index is 7.06. The highest BCUT2D eigenvalue weighted by atomic mass is 15.2. The van der Waals surface area contributed by atoms with E-state index in [0.29, 0.717) is 6.54 Å². The number of hydrogen-bond donors (Lipinski definition) is 3. The molecule has 0 radical (unpaired) electrons. The number of hydrogen-bond acceptors (Lipinski definition) is 3. The number of fused-ring (bicyclic) bond motifs is 10. The van der Waals surface area contributed by atoms with Gasteiger partial charge in [0.05, 0.1) is 12.3 Å². The molecule has 0 saturated heterocycles. The molecule has 4 N–H and O–H groups in total. The van der Waals surface area contributed by atoms with Crippen molar-refractivity contribution in [1.82, 2.24) is 10.6 Å². The minimum absolute atomic E-state index is 0.252. The van der Waals surface area contributed by atoms with Gasteiger partial charge < -0.3 is 5.73 Å². The van der Waals surface area contributed by atoms with Crippen LogP contribution in [0.25, 0.3) is 75.8 Å². The predicted octanol–water partition coefficient (Wildman–Crippen LogP) is 12.3. The lowest BCUT2D eigenvalue weighted by Crippen LogP contribution is -2.39. The van der Waals surface area contributed by atoms with Crippen molar-refractivity contribution in [2.75, 3.05) is 0 Å². The molecule has 258 valence electrons. The Balaban J connectivity index is 1.09. The SMILES string of the molecule is NC(NC(NCc1c2ccccc2cc2c1ccc1ccccc12)c1ccc2c3ccccc3c3ccccc3c2c1)c1ccc(-c2ccccc2)cc1. The van der Waals surface area contributed by atoms with E-state index in [2.05, 4.69) is 193 Å². The minimum atomic E-state index is -0.412. The van der Waals surface area contributed by atoms with Gasteiger partial charge in [-0.05, 0) is 105 Å². The van der Waals surface area contributed by atoms with Crippen LogP contribution in [0.5, 0.6) is 0 Å². The van der Waals surface area contributed by atoms with Crippen LogP contribution in [-0.4, -0.2) is 0 Å². The van der Waals surface area contributed by atoms with Crippen LogP contribution in [0, 0.1) is 0 Å². The molecule has 0 aliphatic rings. The van der Waals surface area contributed by atoms with Crippen molar-refractivity contribution in [2.45, 2.75) is 18.9 Å². The molecule has 54 heavy (non-hydrogen) atoms. The van der Waals surface area contributed by atoms with E-state index in [1.54, 1.807) is 0 Å². The van der Waals surface area contributed by atoms with Gasteiger partial charge in [-0.15, -0.1) is 0 Å². The van der Waals surface area contributed by atoms with E-state index in [-0.39, 0.29) is 6.17 Å². The lowest BCUT2D eigenvalue weighted by atomic mass is 9.92. The minimum Gasteiger partial charge on any atom is -0.312 e. The Kier molecular flexibility index (Phi) is 8.11. The second-order valence-corrected chi connectivity index (χ2v) is 14.3. The fraction of sp³-hybridized carbons (Fsp3) is 0.0588. The molecular weight excluding hydrogens is 655 g/mol. The first-order valence-corrected chi connectivity index (χ1v) is 18.8. The van der Waals surface area contributed by atoms with E-state index in [4.69, 9.17) is 5.73 Å². The predicted molar refractivity (Wildman–Crippen MR) is 229 cm³/mol. The van der Waals surface area contributed by atoms with E-state index in [1.807, 2.05) is 6.07 Å². The third kappa shape index (κ3) is 5.67. The van der Waals surface area contributed by atoms with Gasteiger partial charge in [-0.3, -0.25) is 10.6 Å². The van der Waals surface area contributed by atoms with E-state index in [0.717, 1.165) is 11.1 Å². The van der Waals surface area contributed by atoms with Gasteiger partial charge in [-0.1, -0.05) is 176 Å². The summed E-state index contributed by atoms with van der Waals surface area (Å²) in [6, 6.07) is 67.8. The largest absolute Gasteiger partial charge is 0.312 e. The van der Waals surface area contributed by atoms with E-state index < -0.39 is 6.17 Å². The molecule has 0 amide bonds. The van der Waals surface area contributed by atoms with Gasteiger partial charge in [0, 0.05) is 6.54 Å². The van der Waals surface area contributed by atoms with Crippen LogP contribution in [0.1, 0.15) is 29.0 Å². The monoisotopic (exact) mass is 693 g/mol. The van der Waals surface area contributed by atoms with Crippen LogP contribution in [-0.2, 0) is 6.54 Å². The molecule has 0 heterocycles. The molecule has 10 aromatic carbocycles. The third-order valence-corrected chi connectivity index (χ3v) is 11.2. The highest BCUT2D eigenvalue weighted by Crippen LogP contribution is 2.37. The summed E-state index contributed by atoms with van der Waals surface area (Å²) in [6.07, 6.45) is -0.664. The highest BCUT2D eigenvalue weighted by Gasteiger charge is 2.20. The van der Waals surface area contributed by atoms with Gasteiger partial charge >= 0.3 is 0 Å². The van der Waals surface area contributed by atoms with Gasteiger partial charge in [0.1, 0.15) is 0 Å². The molecule has 0 spiro atoms. The lowest BCUT2D eigenvalue weighted by molar-refractivity contribution is 0.387. The quantitative estimate of drug-likeness (QED) is 0.0843. The van der Waals surface area contributed by atoms with Crippen molar-refractivity contribution < 1.29 is 0 Å². The van der Waals surface area contributed by atoms with Gasteiger partial charge in [0.25, 0.3) is 0 Å². The molecule has 10 aromatic rings. The average Bonchev–Trinajstić information content (AvgIpc) is 3.25. The first kappa shape index (κ1) is 32.3. The van der Waals surface area contributed by atoms with Gasteiger partial charge in [0.15, 0.2) is 0 Å². The topological polar surface area (TPSA) is 50.1 Å². The van der Waals surface area contributed by atoms with Crippen LogP contribution in [0.15, 0.2) is 188 Å². The van der Waals surface area contributed by atoms with Crippen molar-refractivity contribution in [3.63, 3.8) is 0 Å². The molecule has 3 heteroatoms. The summed E-state index contributed by atoms with van der Waals surface area (Å²) in [5.41, 5.74) is 12.9. The molecule has 2 atom stereocenters. The standard InChI is InChI=1S/C51H39N3/c52-50(36-24-22-34(23-25-36)33-12-2-1-3-13-33)54-51(38-27-29-45-43-20-9-8-18-41(43)42-19-10-11-21-44(42)48(45)31-38)53-32-49-40-17-7-5-15-37(40)30-47-39-16-6-4-14-35(39)26-28-46(47)49/h1-31,50-51,53-54H,32,52H2. The Bertz CT molecular complexity index is 2950. The first-order valence-electron chi connectivity index (χ1n) is 18.8. The van der Waals surface area contributed by atoms with Crippen molar-refractivity contribution in [2.24, 2.45) is 5.73 Å². The normalized spacial score (nSPS) is 13.0. The molecule has 0 aliphatic carbocycles. The smallest absolute Gasteiger partial charge is 0.0852 e. The van der Waals surface area contributed by atoms with E-state index in [9.17, 15) is 0 Å². The second-order valence-electron chi connectivity index (χ2n) is 14.3. The van der Waals surface area contributed by atoms with E-state index in [1.165, 1.54) is 81.3 Å². The average molecular weight is 694 g/mol. The maximum Gasteiger partial charge on any atom is 0.0852 e. The van der Waals surface area contributed by atoms with Crippen LogP contribution in [0.4, 0.5) is 0 Å². The van der Waals surface area contributed by atoms with Crippen molar-refractivity contribution in [3.8, 4) is 11.1 Å². The summed E-state index contributed by atoms with van der Waals surface area (Å²) < 4.78 is 0. The molecule has 0 aromatic heterocycles. The Labute approximate surface area is 314 Å². The fourth-order valence-corrected chi connectivity index (χ4v) is 8.47. The molecule has 10 rings (SSSR count). The van der Waals surface area contributed by atoms with Crippen LogP contribution in [0.2, 0.25) is 0 Å². The molecular formula is C51H39N3. The van der Waals surface area contributed by atoms with E-state index >= 15 is 0 Å². The molecule has 0 aliphatic heterocycles. The zero-order valence-corrected chi connectivity index (χ0v) is 29.8. The Morgan fingerprint density at radius 2 is 0.870 bits per heavy atom. The summed E-state index contributed by atoms with van der Waals surface area (Å²) >= 11 is 0. The fourth-order valence-electron chi connectivity index (χ4n) is 8.47. The molecule has 0 fully saturated rings. The van der Waals surface area contributed by atoms with Crippen molar-refractivity contribution in [3.05, 3.63) is 205 Å². The van der Waals surface area contributed by atoms with Crippen molar-refractivity contribution in [1.29, 1.82) is 0 Å². The molecule has 2 unspecified atom stereocenters. The highest BCUT2D eigenvalue weighted by molar-refractivity contribution is 6.25. The molecule has 0 saturated carbocycles. The number of benzene rings is 10. The molecule has 3 nitrogen and oxygen atoms in total. The number of nitrogens with one attached hydrogen (secondary N) is 2. The van der Waals surface area contributed by atoms with Gasteiger partial charge in [-0.2, -0.15) is 0 Å². The number of rotatable bonds is 8. The zero-order chi connectivity index (χ0) is 36.0. The Hall–Kier alpha value is -6.36. The molecule has 0 bridgehead atoms. The van der Waals surface area contributed by atoms with Crippen LogP contribution >= 0.6 is 0 Å². The maximum atomic E-state index is 7.06. The second kappa shape index (κ2) is 13.6. The number of nitrogens with two attached hydrogens (primary N) is 1. The summed E-state index contributed by atoms with van der Waals surface area (Å²) in [6.45, 7) is 0.643.